The molecule has 1 aliphatic heterocycles. The standard InChI is InChI=1S/C13H28N2O/c1-10(2)14-7-6-11(3)15-8-12(4)16-13(5)9-15/h10-14H,6-9H2,1-5H3. The number of hydrogen-bond donors (Lipinski definition) is 1. The summed E-state index contributed by atoms with van der Waals surface area (Å²) in [7, 11) is 0. The summed E-state index contributed by atoms with van der Waals surface area (Å²) < 4.78 is 5.75. The third-order valence-corrected chi connectivity index (χ3v) is 3.19. The molecule has 1 heterocycles. The van der Waals surface area contributed by atoms with Gasteiger partial charge in [0.25, 0.3) is 0 Å². The van der Waals surface area contributed by atoms with E-state index < -0.39 is 0 Å². The number of nitrogens with zero attached hydrogens (tertiary/aromatic N) is 1. The average molecular weight is 228 g/mol. The van der Waals surface area contributed by atoms with Crippen molar-refractivity contribution < 1.29 is 4.74 Å². The first-order valence-corrected chi connectivity index (χ1v) is 6.62. The Kier molecular flexibility index (Phi) is 5.73. The number of rotatable bonds is 5. The van der Waals surface area contributed by atoms with E-state index in [1.807, 2.05) is 0 Å². The van der Waals surface area contributed by atoms with Gasteiger partial charge < -0.3 is 10.1 Å². The highest BCUT2D eigenvalue weighted by molar-refractivity contribution is 4.78. The third-order valence-electron chi connectivity index (χ3n) is 3.19. The zero-order chi connectivity index (χ0) is 12.1. The summed E-state index contributed by atoms with van der Waals surface area (Å²) in [6, 6.07) is 1.25. The third kappa shape index (κ3) is 4.81. The molecule has 96 valence electrons. The molecule has 0 amide bonds. The molecule has 0 radical (unpaired) electrons. The number of morpholine rings is 1. The maximum atomic E-state index is 5.75. The number of nitrogens with one attached hydrogen (secondary N) is 1. The molecule has 3 nitrogen and oxygen atoms in total. The van der Waals surface area contributed by atoms with Crippen LogP contribution in [0.5, 0.6) is 0 Å². The first kappa shape index (κ1) is 13.9. The van der Waals surface area contributed by atoms with E-state index in [4.69, 9.17) is 4.74 Å². The molecular formula is C13H28N2O. The predicted octanol–water partition coefficient (Wildman–Crippen LogP) is 1.87. The highest BCUT2D eigenvalue weighted by Gasteiger charge is 2.25. The summed E-state index contributed by atoms with van der Waals surface area (Å²) in [6.07, 6.45) is 1.98. The van der Waals surface area contributed by atoms with Crippen LogP contribution in [0.2, 0.25) is 0 Å². The molecule has 0 spiro atoms. The van der Waals surface area contributed by atoms with Gasteiger partial charge in [0.2, 0.25) is 0 Å². The summed E-state index contributed by atoms with van der Waals surface area (Å²) >= 11 is 0. The Labute approximate surface area is 101 Å². The summed E-state index contributed by atoms with van der Waals surface area (Å²) in [5.41, 5.74) is 0. The molecule has 3 heteroatoms. The molecule has 1 fully saturated rings. The van der Waals surface area contributed by atoms with Crippen molar-refractivity contribution >= 4 is 0 Å². The van der Waals surface area contributed by atoms with Crippen LogP contribution in [-0.4, -0.2) is 48.8 Å². The van der Waals surface area contributed by atoms with Crippen molar-refractivity contribution in [1.82, 2.24) is 10.2 Å². The minimum absolute atomic E-state index is 0.379. The van der Waals surface area contributed by atoms with Crippen LogP contribution in [0.25, 0.3) is 0 Å². The minimum Gasteiger partial charge on any atom is -0.373 e. The van der Waals surface area contributed by atoms with Crippen LogP contribution >= 0.6 is 0 Å². The van der Waals surface area contributed by atoms with Gasteiger partial charge in [0.1, 0.15) is 0 Å². The van der Waals surface area contributed by atoms with E-state index in [9.17, 15) is 0 Å². The molecule has 1 saturated heterocycles. The topological polar surface area (TPSA) is 24.5 Å². The predicted molar refractivity (Wildman–Crippen MR) is 68.8 cm³/mol. The average Bonchev–Trinajstić information content (AvgIpc) is 2.15. The van der Waals surface area contributed by atoms with E-state index in [0.29, 0.717) is 24.3 Å². The molecule has 0 aromatic carbocycles. The van der Waals surface area contributed by atoms with Gasteiger partial charge in [-0.05, 0) is 33.7 Å². The second-order valence-electron chi connectivity index (χ2n) is 5.46. The lowest BCUT2D eigenvalue weighted by Crippen LogP contribution is -2.49. The van der Waals surface area contributed by atoms with E-state index in [1.165, 1.54) is 6.42 Å². The Morgan fingerprint density at radius 3 is 2.25 bits per heavy atom. The fraction of sp³-hybridized carbons (Fsp3) is 1.00. The van der Waals surface area contributed by atoms with Crippen LogP contribution in [0.3, 0.4) is 0 Å². The molecule has 3 unspecified atom stereocenters. The van der Waals surface area contributed by atoms with Gasteiger partial charge in [0.05, 0.1) is 12.2 Å². The molecule has 3 atom stereocenters. The van der Waals surface area contributed by atoms with Crippen LogP contribution < -0.4 is 5.32 Å². The highest BCUT2D eigenvalue weighted by Crippen LogP contribution is 2.14. The van der Waals surface area contributed by atoms with Gasteiger partial charge in [-0.25, -0.2) is 0 Å². The van der Waals surface area contributed by atoms with Crippen molar-refractivity contribution in [3.8, 4) is 0 Å². The SMILES string of the molecule is CC(C)NCCC(C)N1CC(C)OC(C)C1. The molecule has 16 heavy (non-hydrogen) atoms. The number of ether oxygens (including phenoxy) is 1. The van der Waals surface area contributed by atoms with Crippen molar-refractivity contribution in [3.05, 3.63) is 0 Å². The largest absolute Gasteiger partial charge is 0.373 e. The van der Waals surface area contributed by atoms with Crippen LogP contribution in [0.4, 0.5) is 0 Å². The van der Waals surface area contributed by atoms with Crippen LogP contribution in [0, 0.1) is 0 Å². The molecule has 0 bridgehead atoms. The normalized spacial score (nSPS) is 29.6. The Morgan fingerprint density at radius 2 is 1.75 bits per heavy atom. The zero-order valence-corrected chi connectivity index (χ0v) is 11.5. The van der Waals surface area contributed by atoms with Gasteiger partial charge in [0, 0.05) is 25.2 Å². The quantitative estimate of drug-likeness (QED) is 0.777. The van der Waals surface area contributed by atoms with E-state index in [2.05, 4.69) is 44.8 Å². The fourth-order valence-corrected chi connectivity index (χ4v) is 2.34. The van der Waals surface area contributed by atoms with Gasteiger partial charge in [-0.1, -0.05) is 13.8 Å². The highest BCUT2D eigenvalue weighted by atomic mass is 16.5. The minimum atomic E-state index is 0.379. The molecule has 1 aliphatic rings. The van der Waals surface area contributed by atoms with Crippen molar-refractivity contribution in [1.29, 1.82) is 0 Å². The Balaban J connectivity index is 2.26. The van der Waals surface area contributed by atoms with Crippen molar-refractivity contribution in [2.75, 3.05) is 19.6 Å². The Hall–Kier alpha value is -0.120. The lowest BCUT2D eigenvalue weighted by atomic mass is 10.1. The van der Waals surface area contributed by atoms with Gasteiger partial charge in [-0.3, -0.25) is 4.90 Å². The lowest BCUT2D eigenvalue weighted by molar-refractivity contribution is -0.0790. The molecule has 0 aliphatic carbocycles. The summed E-state index contributed by atoms with van der Waals surface area (Å²) in [5.74, 6) is 0. The lowest BCUT2D eigenvalue weighted by Gasteiger charge is -2.39. The molecular weight excluding hydrogens is 200 g/mol. The Bertz CT molecular complexity index is 186. The van der Waals surface area contributed by atoms with Crippen LogP contribution in [-0.2, 0) is 4.74 Å². The van der Waals surface area contributed by atoms with E-state index in [0.717, 1.165) is 19.6 Å². The first-order chi connectivity index (χ1) is 7.49. The van der Waals surface area contributed by atoms with Gasteiger partial charge in [0.15, 0.2) is 0 Å². The summed E-state index contributed by atoms with van der Waals surface area (Å²) in [5, 5.41) is 3.48. The molecule has 0 aromatic rings. The smallest absolute Gasteiger partial charge is 0.0678 e. The van der Waals surface area contributed by atoms with E-state index >= 15 is 0 Å². The first-order valence-electron chi connectivity index (χ1n) is 6.62. The van der Waals surface area contributed by atoms with Gasteiger partial charge in [-0.2, -0.15) is 0 Å². The molecule has 1 rings (SSSR count). The number of hydrogen-bond acceptors (Lipinski definition) is 3. The molecule has 0 saturated carbocycles. The fourth-order valence-electron chi connectivity index (χ4n) is 2.34. The second kappa shape index (κ2) is 6.58. The van der Waals surface area contributed by atoms with E-state index in [-0.39, 0.29) is 0 Å². The summed E-state index contributed by atoms with van der Waals surface area (Å²) in [4.78, 5) is 2.56. The summed E-state index contributed by atoms with van der Waals surface area (Å²) in [6.45, 7) is 14.3. The van der Waals surface area contributed by atoms with Gasteiger partial charge in [-0.15, -0.1) is 0 Å². The van der Waals surface area contributed by atoms with Crippen LogP contribution in [0.1, 0.15) is 41.0 Å². The van der Waals surface area contributed by atoms with Gasteiger partial charge >= 0.3 is 0 Å². The van der Waals surface area contributed by atoms with Crippen molar-refractivity contribution in [3.63, 3.8) is 0 Å². The maximum absolute atomic E-state index is 5.75. The van der Waals surface area contributed by atoms with Crippen LogP contribution in [0.15, 0.2) is 0 Å². The molecule has 0 aromatic heterocycles. The Morgan fingerprint density at radius 1 is 1.19 bits per heavy atom. The maximum Gasteiger partial charge on any atom is 0.0678 e. The monoisotopic (exact) mass is 228 g/mol. The van der Waals surface area contributed by atoms with Crippen molar-refractivity contribution in [2.45, 2.75) is 65.3 Å². The second-order valence-corrected chi connectivity index (χ2v) is 5.46. The zero-order valence-electron chi connectivity index (χ0n) is 11.5. The van der Waals surface area contributed by atoms with E-state index in [1.54, 1.807) is 0 Å². The van der Waals surface area contributed by atoms with Crippen molar-refractivity contribution in [2.24, 2.45) is 0 Å². The molecule has 1 N–H and O–H groups in total.